The Labute approximate surface area is 169 Å². The molecule has 0 radical (unpaired) electrons. The van der Waals surface area contributed by atoms with Crippen molar-refractivity contribution in [1.29, 1.82) is 0 Å². The van der Waals surface area contributed by atoms with Gasteiger partial charge in [-0.25, -0.2) is 0 Å². The van der Waals surface area contributed by atoms with Gasteiger partial charge in [-0.05, 0) is 48.7 Å². The molecule has 1 unspecified atom stereocenters. The first-order chi connectivity index (χ1) is 14.0. The highest BCUT2D eigenvalue weighted by Crippen LogP contribution is 2.42. The fraction of sp³-hybridized carbons (Fsp3) is 0.125. The number of hydrogen-bond acceptors (Lipinski definition) is 4. The molecule has 2 aromatic carbocycles. The third-order valence-electron chi connectivity index (χ3n) is 5.26. The van der Waals surface area contributed by atoms with E-state index in [1.807, 2.05) is 38.1 Å². The Bertz CT molecular complexity index is 1120. The number of aromatic nitrogens is 1. The van der Waals surface area contributed by atoms with E-state index < -0.39 is 17.7 Å². The van der Waals surface area contributed by atoms with Gasteiger partial charge in [0.25, 0.3) is 11.7 Å². The fourth-order valence-electron chi connectivity index (χ4n) is 3.58. The highest BCUT2D eigenvalue weighted by molar-refractivity contribution is 6.51. The number of carbonyl (C=O) groups excluding carboxylic acids is 2. The number of ketones is 1. The summed E-state index contributed by atoms with van der Waals surface area (Å²) in [5, 5.41) is 11.0. The van der Waals surface area contributed by atoms with Crippen molar-refractivity contribution in [2.24, 2.45) is 0 Å². The van der Waals surface area contributed by atoms with Gasteiger partial charge in [-0.3, -0.25) is 19.5 Å². The van der Waals surface area contributed by atoms with Crippen LogP contribution in [0.3, 0.4) is 0 Å². The molecule has 0 aliphatic carbocycles. The number of carbonyl (C=O) groups is 2. The van der Waals surface area contributed by atoms with Crippen molar-refractivity contribution in [3.8, 4) is 0 Å². The Morgan fingerprint density at radius 3 is 2.38 bits per heavy atom. The molecule has 1 N–H and O–H groups in total. The monoisotopic (exact) mass is 384 g/mol. The van der Waals surface area contributed by atoms with Crippen molar-refractivity contribution in [2.45, 2.75) is 19.9 Å². The molecule has 1 atom stereocenters. The standard InChI is InChI=1S/C24H20N2O3/c1-15-10-11-19(13-16(15)2)26-21(18-9-6-12-25-14-18)20(23(28)24(26)29)22(27)17-7-4-3-5-8-17/h3-14,21,27H,1-2H3/b22-20+. The molecule has 2 heterocycles. The molecule has 29 heavy (non-hydrogen) atoms. The van der Waals surface area contributed by atoms with Crippen molar-refractivity contribution in [2.75, 3.05) is 4.90 Å². The number of aryl methyl sites for hydroxylation is 2. The second-order valence-corrected chi connectivity index (χ2v) is 7.09. The van der Waals surface area contributed by atoms with E-state index in [-0.39, 0.29) is 11.3 Å². The molecule has 1 aliphatic rings. The van der Waals surface area contributed by atoms with E-state index in [1.165, 1.54) is 4.90 Å². The van der Waals surface area contributed by atoms with Gasteiger partial charge < -0.3 is 5.11 Å². The van der Waals surface area contributed by atoms with Gasteiger partial charge in [-0.2, -0.15) is 0 Å². The number of amides is 1. The van der Waals surface area contributed by atoms with Crippen LogP contribution in [0.1, 0.15) is 28.3 Å². The van der Waals surface area contributed by atoms with Gasteiger partial charge in [0.2, 0.25) is 0 Å². The van der Waals surface area contributed by atoms with E-state index >= 15 is 0 Å². The lowest BCUT2D eigenvalue weighted by Gasteiger charge is -2.25. The van der Waals surface area contributed by atoms with Crippen LogP contribution in [0.2, 0.25) is 0 Å². The van der Waals surface area contributed by atoms with Crippen LogP contribution in [0.25, 0.3) is 5.76 Å². The molecule has 0 saturated carbocycles. The van der Waals surface area contributed by atoms with Crippen LogP contribution in [-0.4, -0.2) is 21.8 Å². The average Bonchev–Trinajstić information content (AvgIpc) is 3.02. The van der Waals surface area contributed by atoms with Crippen LogP contribution in [0.15, 0.2) is 78.6 Å². The van der Waals surface area contributed by atoms with Crippen LogP contribution in [-0.2, 0) is 9.59 Å². The number of benzene rings is 2. The molecule has 1 aromatic heterocycles. The van der Waals surface area contributed by atoms with Crippen molar-refractivity contribution in [1.82, 2.24) is 4.98 Å². The first-order valence-electron chi connectivity index (χ1n) is 9.32. The topological polar surface area (TPSA) is 70.5 Å². The van der Waals surface area contributed by atoms with Crippen LogP contribution < -0.4 is 4.90 Å². The molecule has 0 spiro atoms. The Morgan fingerprint density at radius 2 is 1.72 bits per heavy atom. The predicted octanol–water partition coefficient (Wildman–Crippen LogP) is 4.32. The van der Waals surface area contributed by atoms with Gasteiger partial charge in [-0.15, -0.1) is 0 Å². The Morgan fingerprint density at radius 1 is 0.966 bits per heavy atom. The summed E-state index contributed by atoms with van der Waals surface area (Å²) >= 11 is 0. The van der Waals surface area contributed by atoms with Crippen LogP contribution >= 0.6 is 0 Å². The van der Waals surface area contributed by atoms with E-state index in [9.17, 15) is 14.7 Å². The molecule has 3 aromatic rings. The third kappa shape index (κ3) is 3.21. The first kappa shape index (κ1) is 18.6. The second-order valence-electron chi connectivity index (χ2n) is 7.09. The lowest BCUT2D eigenvalue weighted by molar-refractivity contribution is -0.132. The summed E-state index contributed by atoms with van der Waals surface area (Å²) in [5.74, 6) is -1.57. The molecule has 1 amide bonds. The SMILES string of the molecule is Cc1ccc(N2C(=O)C(=O)/C(=C(/O)c3ccccc3)C2c2cccnc2)cc1C. The van der Waals surface area contributed by atoms with Gasteiger partial charge in [-0.1, -0.05) is 42.5 Å². The van der Waals surface area contributed by atoms with Crippen molar-refractivity contribution < 1.29 is 14.7 Å². The Balaban J connectivity index is 1.95. The van der Waals surface area contributed by atoms with Gasteiger partial charge in [0, 0.05) is 23.6 Å². The van der Waals surface area contributed by atoms with Gasteiger partial charge in [0.15, 0.2) is 0 Å². The molecule has 5 nitrogen and oxygen atoms in total. The number of rotatable bonds is 3. The zero-order valence-corrected chi connectivity index (χ0v) is 16.2. The first-order valence-corrected chi connectivity index (χ1v) is 9.32. The van der Waals surface area contributed by atoms with Gasteiger partial charge in [0.1, 0.15) is 5.76 Å². The normalized spacial score (nSPS) is 18.3. The predicted molar refractivity (Wildman–Crippen MR) is 111 cm³/mol. The van der Waals surface area contributed by atoms with E-state index in [1.54, 1.807) is 48.8 Å². The number of anilines is 1. The summed E-state index contributed by atoms with van der Waals surface area (Å²) in [7, 11) is 0. The Hall–Kier alpha value is -3.73. The van der Waals surface area contributed by atoms with Crippen molar-refractivity contribution >= 4 is 23.1 Å². The molecule has 1 saturated heterocycles. The largest absolute Gasteiger partial charge is 0.507 e. The second kappa shape index (κ2) is 7.36. The lowest BCUT2D eigenvalue weighted by atomic mass is 9.96. The number of aliphatic hydroxyl groups is 1. The molecule has 1 fully saturated rings. The number of aliphatic hydroxyl groups excluding tert-OH is 1. The maximum Gasteiger partial charge on any atom is 0.300 e. The summed E-state index contributed by atoms with van der Waals surface area (Å²) in [6, 6.07) is 17.2. The number of Topliss-reactive ketones (excluding diaryl/α,β-unsaturated/α-hetero) is 1. The number of hydrogen-bond donors (Lipinski definition) is 1. The Kier molecular flexibility index (Phi) is 4.72. The minimum atomic E-state index is -0.758. The van der Waals surface area contributed by atoms with Crippen LogP contribution in [0, 0.1) is 13.8 Å². The van der Waals surface area contributed by atoms with E-state index in [4.69, 9.17) is 0 Å². The maximum atomic E-state index is 13.0. The summed E-state index contributed by atoms with van der Waals surface area (Å²) in [6.07, 6.45) is 3.24. The minimum Gasteiger partial charge on any atom is -0.507 e. The number of nitrogens with zero attached hydrogens (tertiary/aromatic N) is 2. The summed E-state index contributed by atoms with van der Waals surface area (Å²) in [6.45, 7) is 3.94. The van der Waals surface area contributed by atoms with Crippen molar-refractivity contribution in [3.63, 3.8) is 0 Å². The van der Waals surface area contributed by atoms with Crippen LogP contribution in [0.5, 0.6) is 0 Å². The fourth-order valence-corrected chi connectivity index (χ4v) is 3.58. The quantitative estimate of drug-likeness (QED) is 0.415. The third-order valence-corrected chi connectivity index (χ3v) is 5.26. The molecule has 5 heteroatoms. The van der Waals surface area contributed by atoms with Gasteiger partial charge >= 0.3 is 0 Å². The molecular weight excluding hydrogens is 364 g/mol. The van der Waals surface area contributed by atoms with E-state index in [0.717, 1.165) is 11.1 Å². The maximum absolute atomic E-state index is 13.0. The number of pyridine rings is 1. The highest BCUT2D eigenvalue weighted by Gasteiger charge is 2.47. The molecule has 144 valence electrons. The van der Waals surface area contributed by atoms with E-state index in [0.29, 0.717) is 16.8 Å². The summed E-state index contributed by atoms with van der Waals surface area (Å²) < 4.78 is 0. The molecule has 4 rings (SSSR count). The summed E-state index contributed by atoms with van der Waals surface area (Å²) in [4.78, 5) is 31.6. The van der Waals surface area contributed by atoms with Crippen LogP contribution in [0.4, 0.5) is 5.69 Å². The highest BCUT2D eigenvalue weighted by atomic mass is 16.3. The minimum absolute atomic E-state index is 0.0624. The summed E-state index contributed by atoms with van der Waals surface area (Å²) in [5.41, 5.74) is 3.91. The average molecular weight is 384 g/mol. The zero-order valence-electron chi connectivity index (χ0n) is 16.2. The van der Waals surface area contributed by atoms with Gasteiger partial charge in [0.05, 0.1) is 11.6 Å². The van der Waals surface area contributed by atoms with Crippen molar-refractivity contribution in [3.05, 3.63) is 101 Å². The molecular formula is C24H20N2O3. The van der Waals surface area contributed by atoms with E-state index in [2.05, 4.69) is 4.98 Å². The zero-order chi connectivity index (χ0) is 20.5. The smallest absolute Gasteiger partial charge is 0.300 e. The lowest BCUT2D eigenvalue weighted by Crippen LogP contribution is -2.29. The molecule has 0 bridgehead atoms. The molecule has 1 aliphatic heterocycles.